The van der Waals surface area contributed by atoms with E-state index >= 15 is 0 Å². The molecule has 0 bridgehead atoms. The number of hydrogen-bond acceptors (Lipinski definition) is 4. The van der Waals surface area contributed by atoms with Crippen LogP contribution < -0.4 is 11.1 Å². The molecule has 6 nitrogen and oxygen atoms in total. The summed E-state index contributed by atoms with van der Waals surface area (Å²) in [6.45, 7) is 1.02. The first-order valence-corrected chi connectivity index (χ1v) is 7.29. The molecule has 1 fully saturated rings. The third-order valence-electron chi connectivity index (χ3n) is 3.84. The highest BCUT2D eigenvalue weighted by atomic mass is 16.5. The van der Waals surface area contributed by atoms with Crippen molar-refractivity contribution in [2.75, 3.05) is 33.9 Å². The average Bonchev–Trinajstić information content (AvgIpc) is 2.41. The van der Waals surface area contributed by atoms with Crippen molar-refractivity contribution < 1.29 is 14.3 Å². The summed E-state index contributed by atoms with van der Waals surface area (Å²) in [7, 11) is 3.24. The van der Waals surface area contributed by atoms with E-state index in [-0.39, 0.29) is 30.3 Å². The zero-order valence-corrected chi connectivity index (χ0v) is 12.6. The number of carbonyl (C=O) groups excluding carboxylic acids is 2. The molecular weight excluding hydrogens is 258 g/mol. The molecule has 6 heteroatoms. The van der Waals surface area contributed by atoms with E-state index in [1.165, 1.54) is 4.90 Å². The maximum absolute atomic E-state index is 12.1. The number of nitrogens with two attached hydrogens (primary N) is 1. The van der Waals surface area contributed by atoms with Crippen LogP contribution >= 0.6 is 0 Å². The Morgan fingerprint density at radius 2 is 2.05 bits per heavy atom. The first kappa shape index (κ1) is 16.9. The van der Waals surface area contributed by atoms with Crippen molar-refractivity contribution in [2.24, 2.45) is 11.7 Å². The Morgan fingerprint density at radius 1 is 1.35 bits per heavy atom. The number of nitrogens with one attached hydrogen (secondary N) is 1. The molecule has 0 radical (unpaired) electrons. The van der Waals surface area contributed by atoms with Crippen molar-refractivity contribution >= 4 is 11.8 Å². The molecule has 0 spiro atoms. The molecule has 1 aliphatic carbocycles. The SMILES string of the molecule is COCCNC(=O)CN(C)C(=O)CC1CCCCC1N. The molecule has 2 unspecified atom stereocenters. The lowest BCUT2D eigenvalue weighted by Gasteiger charge is -2.29. The highest BCUT2D eigenvalue weighted by Gasteiger charge is 2.25. The molecule has 0 heterocycles. The fourth-order valence-corrected chi connectivity index (χ4v) is 2.52. The Kier molecular flexibility index (Phi) is 7.54. The average molecular weight is 285 g/mol. The molecule has 3 N–H and O–H groups in total. The van der Waals surface area contributed by atoms with Crippen LogP contribution in [0.4, 0.5) is 0 Å². The lowest BCUT2D eigenvalue weighted by molar-refractivity contribution is -0.135. The minimum atomic E-state index is -0.161. The molecule has 2 amide bonds. The van der Waals surface area contributed by atoms with Gasteiger partial charge in [0.2, 0.25) is 11.8 Å². The number of methoxy groups -OCH3 is 1. The van der Waals surface area contributed by atoms with E-state index in [0.29, 0.717) is 19.6 Å². The predicted molar refractivity (Wildman–Crippen MR) is 77.1 cm³/mol. The van der Waals surface area contributed by atoms with Crippen LogP contribution in [-0.4, -0.2) is 56.6 Å². The molecule has 0 aromatic rings. The summed E-state index contributed by atoms with van der Waals surface area (Å²) in [5, 5.41) is 2.70. The van der Waals surface area contributed by atoms with Gasteiger partial charge in [0.05, 0.1) is 13.2 Å². The number of nitrogens with zero attached hydrogens (tertiary/aromatic N) is 1. The van der Waals surface area contributed by atoms with Crippen LogP contribution in [0.1, 0.15) is 32.1 Å². The topological polar surface area (TPSA) is 84.7 Å². The monoisotopic (exact) mass is 285 g/mol. The van der Waals surface area contributed by atoms with Gasteiger partial charge in [-0.3, -0.25) is 9.59 Å². The Bertz CT molecular complexity index is 323. The molecule has 0 aromatic carbocycles. The van der Waals surface area contributed by atoms with E-state index in [2.05, 4.69) is 5.32 Å². The summed E-state index contributed by atoms with van der Waals surface area (Å²) in [4.78, 5) is 25.2. The highest BCUT2D eigenvalue weighted by Crippen LogP contribution is 2.25. The number of carbonyl (C=O) groups is 2. The minimum Gasteiger partial charge on any atom is -0.383 e. The van der Waals surface area contributed by atoms with Crippen molar-refractivity contribution in [1.29, 1.82) is 0 Å². The summed E-state index contributed by atoms with van der Waals surface area (Å²) >= 11 is 0. The molecule has 0 aromatic heterocycles. The second-order valence-electron chi connectivity index (χ2n) is 5.51. The summed E-state index contributed by atoms with van der Waals surface area (Å²) in [6, 6.07) is 0.122. The maximum atomic E-state index is 12.1. The summed E-state index contributed by atoms with van der Waals surface area (Å²) in [5.74, 6) is 0.0929. The van der Waals surface area contributed by atoms with Crippen LogP contribution in [0.3, 0.4) is 0 Å². The Hall–Kier alpha value is -1.14. The third kappa shape index (κ3) is 5.88. The van der Waals surface area contributed by atoms with Gasteiger partial charge in [-0.15, -0.1) is 0 Å². The quantitative estimate of drug-likeness (QED) is 0.650. The van der Waals surface area contributed by atoms with Gasteiger partial charge in [-0.25, -0.2) is 0 Å². The third-order valence-corrected chi connectivity index (χ3v) is 3.84. The summed E-state index contributed by atoms with van der Waals surface area (Å²) < 4.78 is 4.85. The molecule has 20 heavy (non-hydrogen) atoms. The zero-order valence-electron chi connectivity index (χ0n) is 12.6. The molecule has 116 valence electrons. The van der Waals surface area contributed by atoms with Crippen LogP contribution in [0.5, 0.6) is 0 Å². The van der Waals surface area contributed by atoms with Gasteiger partial charge >= 0.3 is 0 Å². The van der Waals surface area contributed by atoms with Crippen molar-refractivity contribution in [3.05, 3.63) is 0 Å². The van der Waals surface area contributed by atoms with Gasteiger partial charge in [-0.2, -0.15) is 0 Å². The minimum absolute atomic E-state index is 0.00533. The molecule has 1 rings (SSSR count). The molecule has 2 atom stereocenters. The normalized spacial score (nSPS) is 22.4. The van der Waals surface area contributed by atoms with E-state index in [4.69, 9.17) is 10.5 Å². The molecule has 1 aliphatic rings. The lowest BCUT2D eigenvalue weighted by atomic mass is 9.83. The van der Waals surface area contributed by atoms with Gasteiger partial charge in [0, 0.05) is 33.2 Å². The van der Waals surface area contributed by atoms with Crippen molar-refractivity contribution in [3.8, 4) is 0 Å². The lowest BCUT2D eigenvalue weighted by Crippen LogP contribution is -2.42. The fourth-order valence-electron chi connectivity index (χ4n) is 2.52. The smallest absolute Gasteiger partial charge is 0.239 e. The number of likely N-dealkylation sites (N-methyl/N-ethyl adjacent to an activating group) is 1. The standard InChI is InChI=1S/C14H27N3O3/c1-17(10-13(18)16-7-8-20-2)14(19)9-11-5-3-4-6-12(11)15/h11-12H,3-10,15H2,1-2H3,(H,16,18). The van der Waals surface area contributed by atoms with Crippen molar-refractivity contribution in [1.82, 2.24) is 10.2 Å². The maximum Gasteiger partial charge on any atom is 0.239 e. The molecule has 0 aliphatic heterocycles. The van der Waals surface area contributed by atoms with E-state index in [1.54, 1.807) is 14.2 Å². The summed E-state index contributed by atoms with van der Waals surface area (Å²) in [5.41, 5.74) is 6.05. The predicted octanol–water partition coefficient (Wildman–Crippen LogP) is 0.115. The van der Waals surface area contributed by atoms with Crippen LogP contribution in [-0.2, 0) is 14.3 Å². The number of ether oxygens (including phenoxy) is 1. The van der Waals surface area contributed by atoms with Crippen molar-refractivity contribution in [3.63, 3.8) is 0 Å². The van der Waals surface area contributed by atoms with E-state index in [9.17, 15) is 9.59 Å². The van der Waals surface area contributed by atoms with E-state index in [0.717, 1.165) is 25.7 Å². The van der Waals surface area contributed by atoms with E-state index < -0.39 is 0 Å². The highest BCUT2D eigenvalue weighted by molar-refractivity contribution is 5.84. The van der Waals surface area contributed by atoms with Crippen LogP contribution in [0.25, 0.3) is 0 Å². The van der Waals surface area contributed by atoms with Gasteiger partial charge in [0.15, 0.2) is 0 Å². The van der Waals surface area contributed by atoms with Crippen LogP contribution in [0.15, 0.2) is 0 Å². The molecular formula is C14H27N3O3. The van der Waals surface area contributed by atoms with Gasteiger partial charge in [-0.05, 0) is 18.8 Å². The Balaban J connectivity index is 2.29. The second kappa shape index (κ2) is 8.92. The first-order valence-electron chi connectivity index (χ1n) is 7.29. The van der Waals surface area contributed by atoms with E-state index in [1.807, 2.05) is 0 Å². The van der Waals surface area contributed by atoms with Gasteiger partial charge in [-0.1, -0.05) is 12.8 Å². The Labute approximate surface area is 121 Å². The largest absolute Gasteiger partial charge is 0.383 e. The van der Waals surface area contributed by atoms with Gasteiger partial charge in [0.1, 0.15) is 0 Å². The Morgan fingerprint density at radius 3 is 2.70 bits per heavy atom. The fraction of sp³-hybridized carbons (Fsp3) is 0.857. The molecule has 1 saturated carbocycles. The molecule has 0 saturated heterocycles. The van der Waals surface area contributed by atoms with Crippen molar-refractivity contribution in [2.45, 2.75) is 38.1 Å². The van der Waals surface area contributed by atoms with Gasteiger partial charge in [0.25, 0.3) is 0 Å². The second-order valence-corrected chi connectivity index (χ2v) is 5.51. The van der Waals surface area contributed by atoms with Crippen LogP contribution in [0, 0.1) is 5.92 Å². The summed E-state index contributed by atoms with van der Waals surface area (Å²) in [6.07, 6.45) is 4.76. The zero-order chi connectivity index (χ0) is 15.0. The van der Waals surface area contributed by atoms with Gasteiger partial charge < -0.3 is 20.7 Å². The van der Waals surface area contributed by atoms with Crippen LogP contribution in [0.2, 0.25) is 0 Å². The number of amides is 2. The first-order chi connectivity index (χ1) is 9.54. The number of rotatable bonds is 7. The number of hydrogen-bond donors (Lipinski definition) is 2.